The van der Waals surface area contributed by atoms with Crippen molar-refractivity contribution in [3.63, 3.8) is 0 Å². The highest BCUT2D eigenvalue weighted by atomic mass is 32.2. The fourth-order valence-electron chi connectivity index (χ4n) is 2.30. The van der Waals surface area contributed by atoms with E-state index in [2.05, 4.69) is 0 Å². The summed E-state index contributed by atoms with van der Waals surface area (Å²) in [7, 11) is 0. The van der Waals surface area contributed by atoms with Crippen molar-refractivity contribution >= 4 is 29.5 Å². The standard InChI is InChI=1S/C15H28N2O4S/c1-6-16(12(2)18)11-15(4,5)17(13(3)19)8-10-22-9-7-14(20)21/h6-11H2,1-5H3,(H,20,21). The molecule has 7 heteroatoms. The molecule has 0 aromatic heterocycles. The predicted octanol–water partition coefficient (Wildman–Crippen LogP) is 1.69. The summed E-state index contributed by atoms with van der Waals surface area (Å²) in [5.41, 5.74) is -0.457. The van der Waals surface area contributed by atoms with Crippen molar-refractivity contribution in [3.05, 3.63) is 0 Å². The zero-order valence-electron chi connectivity index (χ0n) is 14.2. The van der Waals surface area contributed by atoms with Crippen LogP contribution in [-0.2, 0) is 14.4 Å². The number of hydrogen-bond acceptors (Lipinski definition) is 4. The van der Waals surface area contributed by atoms with Gasteiger partial charge in [-0.2, -0.15) is 11.8 Å². The van der Waals surface area contributed by atoms with Gasteiger partial charge in [0.1, 0.15) is 0 Å². The van der Waals surface area contributed by atoms with Crippen molar-refractivity contribution in [2.45, 2.75) is 46.6 Å². The minimum atomic E-state index is -0.809. The van der Waals surface area contributed by atoms with E-state index >= 15 is 0 Å². The maximum atomic E-state index is 11.9. The van der Waals surface area contributed by atoms with Crippen LogP contribution < -0.4 is 0 Å². The molecule has 0 aliphatic carbocycles. The first-order chi connectivity index (χ1) is 10.1. The van der Waals surface area contributed by atoms with E-state index in [9.17, 15) is 14.4 Å². The monoisotopic (exact) mass is 332 g/mol. The Hall–Kier alpha value is -1.24. The lowest BCUT2D eigenvalue weighted by molar-refractivity contribution is -0.138. The van der Waals surface area contributed by atoms with Crippen molar-refractivity contribution in [2.24, 2.45) is 0 Å². The third-order valence-electron chi connectivity index (χ3n) is 3.44. The fraction of sp³-hybridized carbons (Fsp3) is 0.800. The molecular weight excluding hydrogens is 304 g/mol. The third-order valence-corrected chi connectivity index (χ3v) is 4.40. The summed E-state index contributed by atoms with van der Waals surface area (Å²) in [4.78, 5) is 37.4. The molecular formula is C15H28N2O4S. The van der Waals surface area contributed by atoms with Gasteiger partial charge in [-0.1, -0.05) is 0 Å². The Labute approximate surface area is 137 Å². The Kier molecular flexibility index (Phi) is 9.16. The van der Waals surface area contributed by atoms with E-state index in [1.807, 2.05) is 20.8 Å². The van der Waals surface area contributed by atoms with Gasteiger partial charge in [-0.15, -0.1) is 0 Å². The molecule has 6 nitrogen and oxygen atoms in total. The minimum absolute atomic E-state index is 0.00471. The van der Waals surface area contributed by atoms with E-state index in [1.54, 1.807) is 9.80 Å². The third kappa shape index (κ3) is 7.68. The number of carboxylic acids is 1. The Morgan fingerprint density at radius 2 is 1.68 bits per heavy atom. The maximum absolute atomic E-state index is 11.9. The van der Waals surface area contributed by atoms with Crippen LogP contribution in [0.15, 0.2) is 0 Å². The number of amides is 2. The molecule has 0 aromatic rings. The van der Waals surface area contributed by atoms with E-state index in [0.29, 0.717) is 31.1 Å². The van der Waals surface area contributed by atoms with Gasteiger partial charge in [-0.25, -0.2) is 0 Å². The Morgan fingerprint density at radius 3 is 2.09 bits per heavy atom. The number of aliphatic carboxylic acids is 1. The predicted molar refractivity (Wildman–Crippen MR) is 89.0 cm³/mol. The first-order valence-electron chi connectivity index (χ1n) is 7.45. The number of rotatable bonds is 10. The number of thioether (sulfide) groups is 1. The Balaban J connectivity index is 4.60. The number of carbonyl (C=O) groups excluding carboxylic acids is 2. The van der Waals surface area contributed by atoms with Crippen LogP contribution in [0.25, 0.3) is 0 Å². The average Bonchev–Trinajstić information content (AvgIpc) is 2.38. The molecule has 0 radical (unpaired) electrons. The Morgan fingerprint density at radius 1 is 1.09 bits per heavy atom. The van der Waals surface area contributed by atoms with Gasteiger partial charge in [0.15, 0.2) is 0 Å². The highest BCUT2D eigenvalue weighted by Crippen LogP contribution is 2.18. The highest BCUT2D eigenvalue weighted by molar-refractivity contribution is 7.99. The van der Waals surface area contributed by atoms with Crippen LogP contribution in [0.2, 0.25) is 0 Å². The van der Waals surface area contributed by atoms with Gasteiger partial charge in [0.05, 0.1) is 12.0 Å². The lowest BCUT2D eigenvalue weighted by Gasteiger charge is -2.41. The summed E-state index contributed by atoms with van der Waals surface area (Å²) < 4.78 is 0. The molecule has 0 aliphatic rings. The molecule has 0 fully saturated rings. The largest absolute Gasteiger partial charge is 0.481 e. The van der Waals surface area contributed by atoms with Gasteiger partial charge in [0.25, 0.3) is 0 Å². The van der Waals surface area contributed by atoms with Crippen LogP contribution in [0.1, 0.15) is 41.0 Å². The van der Waals surface area contributed by atoms with E-state index in [-0.39, 0.29) is 18.2 Å². The quantitative estimate of drug-likeness (QED) is 0.616. The van der Waals surface area contributed by atoms with Gasteiger partial charge in [0.2, 0.25) is 11.8 Å². The molecule has 0 saturated carbocycles. The normalized spacial score (nSPS) is 11.1. The molecule has 0 bridgehead atoms. The molecule has 0 unspecified atom stereocenters. The van der Waals surface area contributed by atoms with Gasteiger partial charge in [0, 0.05) is 45.0 Å². The highest BCUT2D eigenvalue weighted by Gasteiger charge is 2.31. The zero-order valence-corrected chi connectivity index (χ0v) is 15.0. The summed E-state index contributed by atoms with van der Waals surface area (Å²) >= 11 is 1.52. The summed E-state index contributed by atoms with van der Waals surface area (Å²) in [6, 6.07) is 0. The van der Waals surface area contributed by atoms with E-state index in [0.717, 1.165) is 0 Å². The first-order valence-corrected chi connectivity index (χ1v) is 8.60. The van der Waals surface area contributed by atoms with E-state index in [4.69, 9.17) is 5.11 Å². The molecule has 0 spiro atoms. The van der Waals surface area contributed by atoms with E-state index < -0.39 is 11.5 Å². The zero-order chi connectivity index (χ0) is 17.3. The average molecular weight is 332 g/mol. The second kappa shape index (κ2) is 9.71. The Bertz CT molecular complexity index is 399. The molecule has 0 rings (SSSR count). The molecule has 0 aromatic carbocycles. The van der Waals surface area contributed by atoms with Crippen LogP contribution >= 0.6 is 11.8 Å². The summed E-state index contributed by atoms with van der Waals surface area (Å²) in [5, 5.41) is 8.60. The van der Waals surface area contributed by atoms with E-state index in [1.165, 1.54) is 25.6 Å². The molecule has 0 heterocycles. The lowest BCUT2D eigenvalue weighted by Crippen LogP contribution is -2.55. The fourth-order valence-corrected chi connectivity index (χ4v) is 3.14. The van der Waals surface area contributed by atoms with Crippen LogP contribution in [0.4, 0.5) is 0 Å². The topological polar surface area (TPSA) is 77.9 Å². The lowest BCUT2D eigenvalue weighted by atomic mass is 10.0. The van der Waals surface area contributed by atoms with Crippen LogP contribution in [0, 0.1) is 0 Å². The number of hydrogen-bond donors (Lipinski definition) is 1. The second-order valence-electron chi connectivity index (χ2n) is 5.77. The smallest absolute Gasteiger partial charge is 0.304 e. The first kappa shape index (κ1) is 20.8. The van der Waals surface area contributed by atoms with Crippen molar-refractivity contribution in [1.29, 1.82) is 0 Å². The molecule has 0 aliphatic heterocycles. The number of nitrogens with zero attached hydrogens (tertiary/aromatic N) is 2. The summed E-state index contributed by atoms with van der Waals surface area (Å²) in [6.07, 6.45) is 0.127. The van der Waals surface area contributed by atoms with Crippen molar-refractivity contribution in [2.75, 3.05) is 31.1 Å². The summed E-state index contributed by atoms with van der Waals surface area (Å²) in [5.74, 6) is 0.369. The van der Waals surface area contributed by atoms with Gasteiger partial charge in [-0.05, 0) is 20.8 Å². The number of likely N-dealkylation sites (N-methyl/N-ethyl adjacent to an activating group) is 1. The van der Waals surface area contributed by atoms with Crippen LogP contribution in [-0.4, -0.2) is 69.4 Å². The molecule has 128 valence electrons. The van der Waals surface area contributed by atoms with Crippen molar-refractivity contribution in [1.82, 2.24) is 9.80 Å². The second-order valence-corrected chi connectivity index (χ2v) is 7.00. The number of carboxylic acid groups (broad SMARTS) is 1. The van der Waals surface area contributed by atoms with Crippen molar-refractivity contribution < 1.29 is 19.5 Å². The molecule has 22 heavy (non-hydrogen) atoms. The molecule has 0 atom stereocenters. The SMILES string of the molecule is CCN(CC(C)(C)N(CCSCCC(=O)O)C(C)=O)C(C)=O. The van der Waals surface area contributed by atoms with Gasteiger partial charge < -0.3 is 14.9 Å². The van der Waals surface area contributed by atoms with Gasteiger partial charge in [-0.3, -0.25) is 14.4 Å². The van der Waals surface area contributed by atoms with Crippen molar-refractivity contribution in [3.8, 4) is 0 Å². The van der Waals surface area contributed by atoms with Gasteiger partial charge >= 0.3 is 5.97 Å². The molecule has 2 amide bonds. The van der Waals surface area contributed by atoms with Crippen LogP contribution in [0.5, 0.6) is 0 Å². The molecule has 1 N–H and O–H groups in total. The molecule has 0 saturated heterocycles. The minimum Gasteiger partial charge on any atom is -0.481 e. The van der Waals surface area contributed by atoms with Crippen LogP contribution in [0.3, 0.4) is 0 Å². The number of carbonyl (C=O) groups is 3. The maximum Gasteiger partial charge on any atom is 0.304 e. The summed E-state index contributed by atoms with van der Waals surface area (Å²) in [6.45, 7) is 10.5.